The highest BCUT2D eigenvalue weighted by molar-refractivity contribution is 5.98. The Balaban J connectivity index is 1.52. The fourth-order valence-electron chi connectivity index (χ4n) is 4.88. The van der Waals surface area contributed by atoms with E-state index in [0.717, 1.165) is 32.4 Å². The summed E-state index contributed by atoms with van der Waals surface area (Å²) in [7, 11) is 0. The van der Waals surface area contributed by atoms with Gasteiger partial charge in [-0.25, -0.2) is 0 Å². The Kier molecular flexibility index (Phi) is 6.73. The van der Waals surface area contributed by atoms with Gasteiger partial charge in [-0.05, 0) is 63.2 Å². The number of hydrogen-bond acceptors (Lipinski definition) is 5. The molecular weight excluding hydrogens is 433 g/mol. The Morgan fingerprint density at radius 3 is 2.55 bits per heavy atom. The van der Waals surface area contributed by atoms with Crippen molar-refractivity contribution in [2.45, 2.75) is 50.4 Å². The minimum atomic E-state index is -4.27. The zero-order chi connectivity index (χ0) is 23.6. The summed E-state index contributed by atoms with van der Waals surface area (Å²) in [6.45, 7) is 6.58. The van der Waals surface area contributed by atoms with Gasteiger partial charge < -0.3 is 20.9 Å². The molecule has 0 bridgehead atoms. The third kappa shape index (κ3) is 5.55. The summed E-state index contributed by atoms with van der Waals surface area (Å²) >= 11 is 0. The average Bonchev–Trinajstić information content (AvgIpc) is 3.11. The van der Waals surface area contributed by atoms with E-state index in [2.05, 4.69) is 27.0 Å². The first-order valence-corrected chi connectivity index (χ1v) is 11.2. The molecule has 1 aromatic heterocycles. The van der Waals surface area contributed by atoms with E-state index in [9.17, 15) is 18.0 Å². The number of aromatic nitrogens is 2. The molecular formula is C23H29F3N6O. The van der Waals surface area contributed by atoms with Crippen molar-refractivity contribution < 1.29 is 18.0 Å². The lowest BCUT2D eigenvalue weighted by molar-refractivity contribution is -0.127. The predicted octanol–water partition coefficient (Wildman–Crippen LogP) is 3.95. The van der Waals surface area contributed by atoms with Crippen LogP contribution in [0, 0.1) is 5.92 Å². The maximum atomic E-state index is 12.6. The number of alkyl halides is 3. The standard InChI is InChI=1S/C23H29F3N6O/c1-28-13-16-11-18(31-9-2-10-31)7-8-20(16)32-14-19(21(27)33)22(30-32)29-17-5-3-15(4-6-17)12-23(24,25)26/h3-6,14,16,18,20H,1-2,7-13H2,(H2,27,33)(H,29,30)/t16-,18-,20+/m1/s1. The Morgan fingerprint density at radius 2 is 1.97 bits per heavy atom. The van der Waals surface area contributed by atoms with Gasteiger partial charge in [0.2, 0.25) is 0 Å². The van der Waals surface area contributed by atoms with Gasteiger partial charge >= 0.3 is 6.18 Å². The molecule has 178 valence electrons. The Hall–Kier alpha value is -2.88. The minimum absolute atomic E-state index is 0.0656. The predicted molar refractivity (Wildman–Crippen MR) is 121 cm³/mol. The average molecular weight is 463 g/mol. The van der Waals surface area contributed by atoms with Crippen LogP contribution in [-0.2, 0) is 6.42 Å². The Morgan fingerprint density at radius 1 is 1.24 bits per heavy atom. The van der Waals surface area contributed by atoms with E-state index < -0.39 is 18.5 Å². The van der Waals surface area contributed by atoms with Gasteiger partial charge in [-0.3, -0.25) is 9.48 Å². The molecule has 3 atom stereocenters. The van der Waals surface area contributed by atoms with Gasteiger partial charge in [-0.2, -0.15) is 18.3 Å². The molecule has 1 amide bonds. The second kappa shape index (κ2) is 9.54. The first kappa shape index (κ1) is 23.3. The second-order valence-corrected chi connectivity index (χ2v) is 8.94. The number of nitrogens with one attached hydrogen (secondary N) is 1. The first-order valence-electron chi connectivity index (χ1n) is 11.2. The number of anilines is 2. The van der Waals surface area contributed by atoms with Crippen LogP contribution in [0.5, 0.6) is 0 Å². The van der Waals surface area contributed by atoms with Crippen LogP contribution in [0.15, 0.2) is 35.5 Å². The van der Waals surface area contributed by atoms with Gasteiger partial charge in [-0.1, -0.05) is 12.1 Å². The largest absolute Gasteiger partial charge is 0.393 e. The molecule has 33 heavy (non-hydrogen) atoms. The van der Waals surface area contributed by atoms with E-state index in [4.69, 9.17) is 5.73 Å². The number of halogens is 3. The molecule has 0 spiro atoms. The van der Waals surface area contributed by atoms with Gasteiger partial charge in [0.1, 0.15) is 5.56 Å². The van der Waals surface area contributed by atoms with Crippen LogP contribution < -0.4 is 11.1 Å². The first-order chi connectivity index (χ1) is 15.7. The summed E-state index contributed by atoms with van der Waals surface area (Å²) in [6.07, 6.45) is 0.607. The molecule has 1 aromatic carbocycles. The maximum Gasteiger partial charge on any atom is 0.393 e. The molecule has 2 heterocycles. The number of benzene rings is 1. The summed E-state index contributed by atoms with van der Waals surface area (Å²) in [5.41, 5.74) is 6.52. The van der Waals surface area contributed by atoms with Crippen LogP contribution in [0.3, 0.4) is 0 Å². The normalized spacial score (nSPS) is 23.7. The second-order valence-electron chi connectivity index (χ2n) is 8.94. The summed E-state index contributed by atoms with van der Waals surface area (Å²) in [5.74, 6) is -0.0802. The molecule has 1 aliphatic carbocycles. The third-order valence-corrected chi connectivity index (χ3v) is 6.64. The van der Waals surface area contributed by atoms with Crippen LogP contribution in [0.4, 0.5) is 24.7 Å². The summed E-state index contributed by atoms with van der Waals surface area (Å²) in [6, 6.07) is 6.48. The van der Waals surface area contributed by atoms with Crippen LogP contribution in [0.25, 0.3) is 0 Å². The van der Waals surface area contributed by atoms with Crippen molar-refractivity contribution in [1.82, 2.24) is 14.7 Å². The van der Waals surface area contributed by atoms with E-state index in [-0.39, 0.29) is 23.1 Å². The highest BCUT2D eigenvalue weighted by Crippen LogP contribution is 2.38. The quantitative estimate of drug-likeness (QED) is 0.582. The molecule has 1 aliphatic heterocycles. The topological polar surface area (TPSA) is 88.5 Å². The molecule has 10 heteroatoms. The van der Waals surface area contributed by atoms with Gasteiger partial charge in [0.05, 0.1) is 12.5 Å². The molecule has 3 N–H and O–H groups in total. The number of amides is 1. The monoisotopic (exact) mass is 462 g/mol. The number of likely N-dealkylation sites (tertiary alicyclic amines) is 1. The van der Waals surface area contributed by atoms with E-state index in [1.165, 1.54) is 30.7 Å². The van der Waals surface area contributed by atoms with Crippen molar-refractivity contribution in [3.05, 3.63) is 41.6 Å². The van der Waals surface area contributed by atoms with Crippen LogP contribution in [0.2, 0.25) is 0 Å². The van der Waals surface area contributed by atoms with Gasteiger partial charge in [0.25, 0.3) is 5.91 Å². The number of nitrogens with two attached hydrogens (primary N) is 1. The molecule has 2 aromatic rings. The van der Waals surface area contributed by atoms with Crippen molar-refractivity contribution >= 4 is 24.1 Å². The fraction of sp³-hybridized carbons (Fsp3) is 0.522. The van der Waals surface area contributed by atoms with Crippen molar-refractivity contribution in [3.63, 3.8) is 0 Å². The minimum Gasteiger partial charge on any atom is -0.365 e. The van der Waals surface area contributed by atoms with Crippen LogP contribution in [0.1, 0.15) is 47.6 Å². The third-order valence-electron chi connectivity index (χ3n) is 6.64. The maximum absolute atomic E-state index is 12.6. The van der Waals surface area contributed by atoms with Crippen LogP contribution >= 0.6 is 0 Å². The summed E-state index contributed by atoms with van der Waals surface area (Å²) in [5, 5.41) is 7.66. The fourth-order valence-corrected chi connectivity index (χ4v) is 4.88. The molecule has 7 nitrogen and oxygen atoms in total. The summed E-state index contributed by atoms with van der Waals surface area (Å²) < 4.78 is 39.6. The zero-order valence-corrected chi connectivity index (χ0v) is 18.4. The number of carbonyl (C=O) groups is 1. The molecule has 4 rings (SSSR count). The lowest BCUT2D eigenvalue weighted by atomic mass is 9.80. The zero-order valence-electron chi connectivity index (χ0n) is 18.4. The Bertz CT molecular complexity index is 983. The SMILES string of the molecule is C=NC[C@H]1C[C@H](N2CCC2)CC[C@@H]1n1cc(C(N)=O)c(Nc2ccc(CC(F)(F)F)cc2)n1. The lowest BCUT2D eigenvalue weighted by Gasteiger charge is -2.44. The lowest BCUT2D eigenvalue weighted by Crippen LogP contribution is -2.48. The smallest absolute Gasteiger partial charge is 0.365 e. The Labute approximate surface area is 190 Å². The van der Waals surface area contributed by atoms with E-state index in [0.29, 0.717) is 24.1 Å². The molecule has 1 saturated carbocycles. The van der Waals surface area contributed by atoms with Crippen LogP contribution in [-0.4, -0.2) is 59.2 Å². The number of nitrogens with zero attached hydrogens (tertiary/aromatic N) is 4. The van der Waals surface area contributed by atoms with Crippen molar-refractivity contribution in [1.29, 1.82) is 0 Å². The molecule has 2 fully saturated rings. The van der Waals surface area contributed by atoms with Crippen molar-refractivity contribution in [2.24, 2.45) is 16.6 Å². The molecule has 1 saturated heterocycles. The molecule has 0 unspecified atom stereocenters. The van der Waals surface area contributed by atoms with Gasteiger partial charge in [0, 0.05) is 30.4 Å². The van der Waals surface area contributed by atoms with Gasteiger partial charge in [-0.15, -0.1) is 0 Å². The number of carbonyl (C=O) groups excluding carboxylic acids is 1. The van der Waals surface area contributed by atoms with Crippen molar-refractivity contribution in [3.8, 4) is 0 Å². The number of aliphatic imine (C=N–C) groups is 1. The molecule has 0 radical (unpaired) electrons. The highest BCUT2D eigenvalue weighted by Gasteiger charge is 2.36. The highest BCUT2D eigenvalue weighted by atomic mass is 19.4. The van der Waals surface area contributed by atoms with E-state index in [1.54, 1.807) is 10.9 Å². The number of hydrogen-bond donors (Lipinski definition) is 2. The van der Waals surface area contributed by atoms with Crippen molar-refractivity contribution in [2.75, 3.05) is 25.0 Å². The number of rotatable bonds is 8. The van der Waals surface area contributed by atoms with E-state index in [1.807, 2.05) is 0 Å². The molecule has 2 aliphatic rings. The van der Waals surface area contributed by atoms with E-state index >= 15 is 0 Å². The van der Waals surface area contributed by atoms with Gasteiger partial charge in [0.15, 0.2) is 5.82 Å². The summed E-state index contributed by atoms with van der Waals surface area (Å²) in [4.78, 5) is 18.7. The number of primary amides is 1.